The SMILES string of the molecule is C=C1CCC[C@@]2(C)C[C@@]3(Cl)OC(=O)C(C)=C3C[C@H]12. The molecule has 0 amide bonds. The summed E-state index contributed by atoms with van der Waals surface area (Å²) in [5.74, 6) is 0.213. The smallest absolute Gasteiger partial charge is 0.335 e. The lowest BCUT2D eigenvalue weighted by molar-refractivity contribution is -0.144. The van der Waals surface area contributed by atoms with Gasteiger partial charge in [0.15, 0.2) is 0 Å². The number of fused-ring (bicyclic) bond motifs is 2. The van der Waals surface area contributed by atoms with E-state index in [2.05, 4.69) is 13.5 Å². The summed E-state index contributed by atoms with van der Waals surface area (Å²) >= 11 is 6.59. The Labute approximate surface area is 113 Å². The molecule has 0 saturated heterocycles. The van der Waals surface area contributed by atoms with Crippen molar-refractivity contribution in [1.82, 2.24) is 0 Å². The monoisotopic (exact) mass is 266 g/mol. The molecule has 2 saturated carbocycles. The van der Waals surface area contributed by atoms with E-state index >= 15 is 0 Å². The molecule has 3 rings (SSSR count). The van der Waals surface area contributed by atoms with Crippen LogP contribution < -0.4 is 0 Å². The number of hydrogen-bond acceptors (Lipinski definition) is 2. The minimum Gasteiger partial charge on any atom is -0.436 e. The van der Waals surface area contributed by atoms with Crippen molar-refractivity contribution in [2.24, 2.45) is 11.3 Å². The van der Waals surface area contributed by atoms with Crippen LogP contribution in [0.25, 0.3) is 0 Å². The number of esters is 1. The number of ether oxygens (including phenoxy) is 1. The van der Waals surface area contributed by atoms with Gasteiger partial charge in [-0.05, 0) is 49.5 Å². The van der Waals surface area contributed by atoms with Crippen molar-refractivity contribution in [2.45, 2.75) is 51.0 Å². The number of alkyl halides is 1. The summed E-state index contributed by atoms with van der Waals surface area (Å²) in [5, 5.41) is -0.871. The molecular formula is C15H19ClO2. The molecule has 0 aromatic rings. The molecule has 0 N–H and O–H groups in total. The average molecular weight is 267 g/mol. The van der Waals surface area contributed by atoms with E-state index in [1.807, 2.05) is 6.92 Å². The lowest BCUT2D eigenvalue weighted by Crippen LogP contribution is -2.45. The first-order chi connectivity index (χ1) is 8.36. The van der Waals surface area contributed by atoms with E-state index in [1.165, 1.54) is 12.0 Å². The number of allylic oxidation sites excluding steroid dienone is 1. The second-order valence-electron chi connectivity index (χ2n) is 6.32. The Kier molecular flexibility index (Phi) is 2.48. The van der Waals surface area contributed by atoms with Gasteiger partial charge in [0, 0.05) is 12.0 Å². The molecule has 0 radical (unpaired) electrons. The zero-order chi connectivity index (χ0) is 13.1. The van der Waals surface area contributed by atoms with Crippen molar-refractivity contribution in [1.29, 1.82) is 0 Å². The highest BCUT2D eigenvalue weighted by Crippen LogP contribution is 2.60. The molecule has 2 aliphatic carbocycles. The lowest BCUT2D eigenvalue weighted by atomic mass is 9.57. The van der Waals surface area contributed by atoms with Crippen LogP contribution in [0.5, 0.6) is 0 Å². The largest absolute Gasteiger partial charge is 0.436 e. The standard InChI is InChI=1S/C15H19ClO2/c1-9-5-4-6-14(3)8-15(16)12(7-11(9)14)10(2)13(17)18-15/h11H,1,4-8H2,2-3H3/t11-,14+,15-/m1/s1. The normalized spacial score (nSPS) is 43.6. The molecule has 3 heteroatoms. The van der Waals surface area contributed by atoms with Crippen molar-refractivity contribution in [3.63, 3.8) is 0 Å². The lowest BCUT2D eigenvalue weighted by Gasteiger charge is -2.50. The first-order valence-corrected chi connectivity index (χ1v) is 7.04. The average Bonchev–Trinajstić information content (AvgIpc) is 2.46. The van der Waals surface area contributed by atoms with Crippen LogP contribution in [0.15, 0.2) is 23.3 Å². The molecule has 0 aromatic carbocycles. The van der Waals surface area contributed by atoms with Crippen molar-refractivity contribution in [3.8, 4) is 0 Å². The fourth-order valence-electron chi connectivity index (χ4n) is 4.02. The summed E-state index contributed by atoms with van der Waals surface area (Å²) in [5.41, 5.74) is 3.16. The number of carbonyl (C=O) groups is 1. The second kappa shape index (κ2) is 3.63. The third-order valence-corrected chi connectivity index (χ3v) is 5.52. The molecule has 0 bridgehead atoms. The predicted octanol–water partition coefficient (Wildman–Crippen LogP) is 3.95. The van der Waals surface area contributed by atoms with Gasteiger partial charge >= 0.3 is 5.97 Å². The number of carbonyl (C=O) groups excluding carboxylic acids is 1. The van der Waals surface area contributed by atoms with Gasteiger partial charge in [-0.2, -0.15) is 0 Å². The zero-order valence-electron chi connectivity index (χ0n) is 11.0. The molecule has 18 heavy (non-hydrogen) atoms. The van der Waals surface area contributed by atoms with E-state index in [9.17, 15) is 4.79 Å². The predicted molar refractivity (Wildman–Crippen MR) is 71.2 cm³/mol. The number of hydrogen-bond donors (Lipinski definition) is 0. The van der Waals surface area contributed by atoms with E-state index < -0.39 is 5.06 Å². The summed E-state index contributed by atoms with van der Waals surface area (Å²) in [6, 6.07) is 0. The summed E-state index contributed by atoms with van der Waals surface area (Å²) in [6.07, 6.45) is 5.00. The van der Waals surface area contributed by atoms with Gasteiger partial charge in [0.1, 0.15) is 0 Å². The molecule has 1 heterocycles. The van der Waals surface area contributed by atoms with Gasteiger partial charge in [-0.3, -0.25) is 0 Å². The number of rotatable bonds is 0. The Morgan fingerprint density at radius 3 is 2.94 bits per heavy atom. The molecule has 0 spiro atoms. The van der Waals surface area contributed by atoms with Crippen molar-refractivity contribution >= 4 is 17.6 Å². The van der Waals surface area contributed by atoms with Gasteiger partial charge in [0.05, 0.1) is 0 Å². The van der Waals surface area contributed by atoms with Crippen LogP contribution >= 0.6 is 11.6 Å². The van der Waals surface area contributed by atoms with E-state index in [0.29, 0.717) is 11.5 Å². The molecule has 1 aliphatic heterocycles. The summed E-state index contributed by atoms with van der Waals surface area (Å²) in [4.78, 5) is 11.8. The maximum Gasteiger partial charge on any atom is 0.335 e. The first kappa shape index (κ1) is 12.3. The Balaban J connectivity index is 2.04. The quantitative estimate of drug-likeness (QED) is 0.377. The maximum atomic E-state index is 11.8. The van der Waals surface area contributed by atoms with Crippen LogP contribution in [-0.2, 0) is 9.53 Å². The van der Waals surface area contributed by atoms with E-state index in [0.717, 1.165) is 31.3 Å². The molecule has 2 nitrogen and oxygen atoms in total. The highest BCUT2D eigenvalue weighted by Gasteiger charge is 2.56. The van der Waals surface area contributed by atoms with Gasteiger partial charge in [0.2, 0.25) is 5.06 Å². The molecule has 98 valence electrons. The van der Waals surface area contributed by atoms with Crippen molar-refractivity contribution in [2.75, 3.05) is 0 Å². The third kappa shape index (κ3) is 1.51. The Morgan fingerprint density at radius 1 is 1.50 bits per heavy atom. The molecule has 2 fully saturated rings. The van der Waals surface area contributed by atoms with Crippen molar-refractivity contribution in [3.05, 3.63) is 23.3 Å². The van der Waals surface area contributed by atoms with Gasteiger partial charge in [-0.15, -0.1) is 0 Å². The fourth-order valence-corrected chi connectivity index (χ4v) is 4.62. The Hall–Kier alpha value is -0.760. The molecule has 3 atom stereocenters. The van der Waals surface area contributed by atoms with Crippen LogP contribution in [0.4, 0.5) is 0 Å². The van der Waals surface area contributed by atoms with Gasteiger partial charge < -0.3 is 4.74 Å². The van der Waals surface area contributed by atoms with Crippen molar-refractivity contribution < 1.29 is 9.53 Å². The Morgan fingerprint density at radius 2 is 2.22 bits per heavy atom. The second-order valence-corrected chi connectivity index (χ2v) is 6.93. The van der Waals surface area contributed by atoms with Gasteiger partial charge in [-0.25, -0.2) is 4.79 Å². The minimum absolute atomic E-state index is 0.130. The van der Waals surface area contributed by atoms with Crippen LogP contribution in [-0.4, -0.2) is 11.0 Å². The van der Waals surface area contributed by atoms with E-state index in [1.54, 1.807) is 0 Å². The zero-order valence-corrected chi connectivity index (χ0v) is 11.8. The third-order valence-electron chi connectivity index (χ3n) is 5.08. The van der Waals surface area contributed by atoms with Gasteiger partial charge in [0.25, 0.3) is 0 Å². The molecule has 3 aliphatic rings. The van der Waals surface area contributed by atoms with E-state index in [4.69, 9.17) is 16.3 Å². The topological polar surface area (TPSA) is 26.3 Å². The highest BCUT2D eigenvalue weighted by atomic mass is 35.5. The number of halogens is 1. The summed E-state index contributed by atoms with van der Waals surface area (Å²) in [6.45, 7) is 8.33. The van der Waals surface area contributed by atoms with Crippen LogP contribution in [0.1, 0.15) is 46.0 Å². The maximum absolute atomic E-state index is 11.8. The summed E-state index contributed by atoms with van der Waals surface area (Å²) < 4.78 is 5.44. The van der Waals surface area contributed by atoms with Crippen LogP contribution in [0, 0.1) is 11.3 Å². The van der Waals surface area contributed by atoms with Crippen LogP contribution in [0.3, 0.4) is 0 Å². The highest BCUT2D eigenvalue weighted by molar-refractivity contribution is 6.27. The van der Waals surface area contributed by atoms with E-state index in [-0.39, 0.29) is 11.4 Å². The van der Waals surface area contributed by atoms with Gasteiger partial charge in [-0.1, -0.05) is 30.7 Å². The first-order valence-electron chi connectivity index (χ1n) is 6.66. The Bertz CT molecular complexity index is 479. The molecule has 0 unspecified atom stereocenters. The summed E-state index contributed by atoms with van der Waals surface area (Å²) in [7, 11) is 0. The molecule has 0 aromatic heterocycles. The molecular weight excluding hydrogens is 248 g/mol. The van der Waals surface area contributed by atoms with Crippen LogP contribution in [0.2, 0.25) is 0 Å². The fraction of sp³-hybridized carbons (Fsp3) is 0.667. The minimum atomic E-state index is -0.871.